The molecule has 0 aliphatic rings. The summed E-state index contributed by atoms with van der Waals surface area (Å²) in [5, 5.41) is 0.763. The van der Waals surface area contributed by atoms with E-state index in [2.05, 4.69) is 0 Å². The molecular weight excluding hydrogens is 281 g/mol. The molecule has 0 atom stereocenters. The Morgan fingerprint density at radius 2 is 1.67 bits per heavy atom. The summed E-state index contributed by atoms with van der Waals surface area (Å²) in [5.41, 5.74) is -0.145. The Labute approximate surface area is 113 Å². The van der Waals surface area contributed by atoms with Crippen LogP contribution < -0.4 is 4.74 Å². The molecular formula is C13H8Cl2F2O. The molecule has 2 rings (SSSR count). The smallest absolute Gasteiger partial charge is 0.139 e. The Kier molecular flexibility index (Phi) is 4.04. The van der Waals surface area contributed by atoms with Gasteiger partial charge in [0.1, 0.15) is 24.0 Å². The summed E-state index contributed by atoms with van der Waals surface area (Å²) in [5.74, 6) is -1.03. The van der Waals surface area contributed by atoms with Gasteiger partial charge in [-0.25, -0.2) is 8.78 Å². The first kappa shape index (κ1) is 13.1. The lowest BCUT2D eigenvalue weighted by atomic mass is 10.2. The van der Waals surface area contributed by atoms with Crippen molar-refractivity contribution in [3.63, 3.8) is 0 Å². The second-order valence-electron chi connectivity index (χ2n) is 3.56. The SMILES string of the molecule is Fc1cccc(F)c1COc1cc(Cl)ccc1Cl. The largest absolute Gasteiger partial charge is 0.487 e. The quantitative estimate of drug-likeness (QED) is 0.784. The second-order valence-corrected chi connectivity index (χ2v) is 4.41. The van der Waals surface area contributed by atoms with Gasteiger partial charge in [-0.1, -0.05) is 29.3 Å². The lowest BCUT2D eigenvalue weighted by Gasteiger charge is -2.09. The predicted molar refractivity (Wildman–Crippen MR) is 67.2 cm³/mol. The average molecular weight is 289 g/mol. The molecule has 0 aromatic heterocycles. The molecule has 94 valence electrons. The summed E-state index contributed by atoms with van der Waals surface area (Å²) < 4.78 is 32.0. The molecule has 18 heavy (non-hydrogen) atoms. The maximum atomic E-state index is 13.4. The van der Waals surface area contributed by atoms with Crippen LogP contribution in [0.25, 0.3) is 0 Å². The lowest BCUT2D eigenvalue weighted by Crippen LogP contribution is -2.02. The molecule has 0 radical (unpaired) electrons. The summed E-state index contributed by atoms with van der Waals surface area (Å²) in [4.78, 5) is 0. The summed E-state index contributed by atoms with van der Waals surface area (Å²) in [6.07, 6.45) is 0. The van der Waals surface area contributed by atoms with Gasteiger partial charge in [0.2, 0.25) is 0 Å². The molecule has 0 spiro atoms. The van der Waals surface area contributed by atoms with E-state index in [0.29, 0.717) is 10.0 Å². The van der Waals surface area contributed by atoms with E-state index >= 15 is 0 Å². The number of ether oxygens (including phenoxy) is 1. The Morgan fingerprint density at radius 1 is 1.00 bits per heavy atom. The van der Waals surface area contributed by atoms with E-state index in [4.69, 9.17) is 27.9 Å². The van der Waals surface area contributed by atoms with Crippen LogP contribution in [0, 0.1) is 11.6 Å². The van der Waals surface area contributed by atoms with Gasteiger partial charge in [-0.15, -0.1) is 0 Å². The molecule has 0 saturated carbocycles. The fraction of sp³-hybridized carbons (Fsp3) is 0.0769. The minimum Gasteiger partial charge on any atom is -0.487 e. The van der Waals surface area contributed by atoms with Gasteiger partial charge >= 0.3 is 0 Å². The summed E-state index contributed by atoms with van der Waals surface area (Å²) in [6.45, 7) is -0.251. The zero-order chi connectivity index (χ0) is 13.1. The van der Waals surface area contributed by atoms with Crippen LogP contribution in [0.4, 0.5) is 8.78 Å². The highest BCUT2D eigenvalue weighted by Gasteiger charge is 2.10. The molecule has 0 bridgehead atoms. The Bertz CT molecular complexity index is 553. The summed E-state index contributed by atoms with van der Waals surface area (Å²) in [7, 11) is 0. The lowest BCUT2D eigenvalue weighted by molar-refractivity contribution is 0.293. The first-order valence-corrected chi connectivity index (χ1v) is 5.84. The first-order chi connectivity index (χ1) is 8.58. The van der Waals surface area contributed by atoms with E-state index in [1.807, 2.05) is 0 Å². The van der Waals surface area contributed by atoms with Crippen molar-refractivity contribution in [3.8, 4) is 5.75 Å². The van der Waals surface area contributed by atoms with Gasteiger partial charge in [-0.05, 0) is 24.3 Å². The maximum Gasteiger partial charge on any atom is 0.139 e. The van der Waals surface area contributed by atoms with Crippen LogP contribution in [-0.4, -0.2) is 0 Å². The zero-order valence-electron chi connectivity index (χ0n) is 9.09. The molecule has 0 unspecified atom stereocenters. The van der Waals surface area contributed by atoms with Gasteiger partial charge in [0.25, 0.3) is 0 Å². The van der Waals surface area contributed by atoms with Crippen molar-refractivity contribution in [3.05, 3.63) is 63.6 Å². The fourth-order valence-corrected chi connectivity index (χ4v) is 1.74. The van der Waals surface area contributed by atoms with Crippen LogP contribution in [0.5, 0.6) is 5.75 Å². The van der Waals surface area contributed by atoms with Crippen molar-refractivity contribution in [2.45, 2.75) is 6.61 Å². The second kappa shape index (κ2) is 5.55. The van der Waals surface area contributed by atoms with Crippen molar-refractivity contribution in [2.75, 3.05) is 0 Å². The summed E-state index contributed by atoms with van der Waals surface area (Å²) in [6, 6.07) is 8.27. The van der Waals surface area contributed by atoms with Crippen molar-refractivity contribution >= 4 is 23.2 Å². The third kappa shape index (κ3) is 2.92. The van der Waals surface area contributed by atoms with E-state index in [0.717, 1.165) is 0 Å². The molecule has 0 N–H and O–H groups in total. The monoisotopic (exact) mass is 288 g/mol. The average Bonchev–Trinajstić information content (AvgIpc) is 2.33. The molecule has 5 heteroatoms. The third-order valence-corrected chi connectivity index (χ3v) is 2.87. The highest BCUT2D eigenvalue weighted by molar-refractivity contribution is 6.34. The van der Waals surface area contributed by atoms with Gasteiger partial charge in [0.15, 0.2) is 0 Å². The molecule has 0 amide bonds. The minimum absolute atomic E-state index is 0.145. The van der Waals surface area contributed by atoms with Gasteiger partial charge < -0.3 is 4.74 Å². The van der Waals surface area contributed by atoms with E-state index in [1.165, 1.54) is 24.3 Å². The number of benzene rings is 2. The van der Waals surface area contributed by atoms with Crippen molar-refractivity contribution in [1.29, 1.82) is 0 Å². The van der Waals surface area contributed by atoms with E-state index in [-0.39, 0.29) is 17.9 Å². The molecule has 0 heterocycles. The van der Waals surface area contributed by atoms with Crippen LogP contribution >= 0.6 is 23.2 Å². The highest BCUT2D eigenvalue weighted by atomic mass is 35.5. The van der Waals surface area contributed by atoms with Crippen LogP contribution in [0.15, 0.2) is 36.4 Å². The van der Waals surface area contributed by atoms with E-state index in [1.54, 1.807) is 12.1 Å². The topological polar surface area (TPSA) is 9.23 Å². The Morgan fingerprint density at radius 3 is 2.33 bits per heavy atom. The molecule has 0 aliphatic heterocycles. The van der Waals surface area contributed by atoms with Crippen LogP contribution in [0.3, 0.4) is 0 Å². The Balaban J connectivity index is 2.19. The zero-order valence-corrected chi connectivity index (χ0v) is 10.6. The third-order valence-electron chi connectivity index (χ3n) is 2.33. The van der Waals surface area contributed by atoms with Crippen molar-refractivity contribution in [1.82, 2.24) is 0 Å². The van der Waals surface area contributed by atoms with Gasteiger partial charge in [-0.2, -0.15) is 0 Å². The summed E-state index contributed by atoms with van der Waals surface area (Å²) >= 11 is 11.6. The van der Waals surface area contributed by atoms with E-state index < -0.39 is 11.6 Å². The number of hydrogen-bond donors (Lipinski definition) is 0. The Hall–Kier alpha value is -1.32. The standard InChI is InChI=1S/C13H8Cl2F2O/c14-8-4-5-10(15)13(6-8)18-7-9-11(16)2-1-3-12(9)17/h1-6H,7H2. The molecule has 0 fully saturated rings. The van der Waals surface area contributed by atoms with Crippen LogP contribution in [-0.2, 0) is 6.61 Å². The number of rotatable bonds is 3. The molecule has 2 aromatic carbocycles. The maximum absolute atomic E-state index is 13.4. The van der Waals surface area contributed by atoms with Gasteiger partial charge in [0, 0.05) is 11.1 Å². The fourth-order valence-electron chi connectivity index (χ4n) is 1.41. The van der Waals surface area contributed by atoms with Crippen LogP contribution in [0.1, 0.15) is 5.56 Å². The minimum atomic E-state index is -0.659. The predicted octanol–water partition coefficient (Wildman–Crippen LogP) is 4.85. The van der Waals surface area contributed by atoms with Crippen LogP contribution in [0.2, 0.25) is 10.0 Å². The first-order valence-electron chi connectivity index (χ1n) is 5.08. The van der Waals surface area contributed by atoms with Crippen molar-refractivity contribution < 1.29 is 13.5 Å². The number of hydrogen-bond acceptors (Lipinski definition) is 1. The van der Waals surface area contributed by atoms with Gasteiger partial charge in [0.05, 0.1) is 10.6 Å². The highest BCUT2D eigenvalue weighted by Crippen LogP contribution is 2.28. The van der Waals surface area contributed by atoms with Gasteiger partial charge in [-0.3, -0.25) is 0 Å². The van der Waals surface area contributed by atoms with Crippen molar-refractivity contribution in [2.24, 2.45) is 0 Å². The molecule has 0 aliphatic carbocycles. The molecule has 0 saturated heterocycles. The number of halogens is 4. The van der Waals surface area contributed by atoms with E-state index in [9.17, 15) is 8.78 Å². The normalized spacial score (nSPS) is 10.4. The molecule has 2 aromatic rings. The molecule has 1 nitrogen and oxygen atoms in total.